The highest BCUT2D eigenvalue weighted by molar-refractivity contribution is 5.18. The quantitative estimate of drug-likeness (QED) is 0.716. The van der Waals surface area contributed by atoms with Crippen molar-refractivity contribution in [3.05, 3.63) is 11.6 Å². The molecule has 2 rings (SSSR count). The smallest absolute Gasteiger partial charge is 0.172 e. The molecule has 0 unspecified atom stereocenters. The lowest BCUT2D eigenvalue weighted by Crippen LogP contribution is -2.48. The van der Waals surface area contributed by atoms with Crippen LogP contribution in [0.1, 0.15) is 47.0 Å². The minimum Gasteiger partial charge on any atom is -0.386 e. The van der Waals surface area contributed by atoms with Crippen LogP contribution in [-0.2, 0) is 9.47 Å². The van der Waals surface area contributed by atoms with Crippen LogP contribution in [-0.4, -0.2) is 29.7 Å². The maximum absolute atomic E-state index is 9.96. The van der Waals surface area contributed by atoms with Crippen LogP contribution in [0.25, 0.3) is 0 Å². The Balaban J connectivity index is 2.02. The van der Waals surface area contributed by atoms with Crippen LogP contribution in [0.4, 0.5) is 0 Å². The third kappa shape index (κ3) is 2.90. The summed E-state index contributed by atoms with van der Waals surface area (Å²) in [7, 11) is 0. The normalized spacial score (nSPS) is 27.9. The highest BCUT2D eigenvalue weighted by atomic mass is 16.7. The first-order valence-electron chi connectivity index (χ1n) is 6.42. The fraction of sp³-hybridized carbons (Fsp3) is 0.857. The summed E-state index contributed by atoms with van der Waals surface area (Å²) in [5.74, 6) is -0.426. The molecular formula is C14H24O3. The molecule has 3 nitrogen and oxygen atoms in total. The van der Waals surface area contributed by atoms with Gasteiger partial charge in [-0.05, 0) is 25.8 Å². The Labute approximate surface area is 104 Å². The topological polar surface area (TPSA) is 38.7 Å². The van der Waals surface area contributed by atoms with Crippen LogP contribution in [0, 0.1) is 5.41 Å². The van der Waals surface area contributed by atoms with Crippen LogP contribution in [0.3, 0.4) is 0 Å². The van der Waals surface area contributed by atoms with E-state index in [0.29, 0.717) is 0 Å². The lowest BCUT2D eigenvalue weighted by atomic mass is 9.84. The maximum Gasteiger partial charge on any atom is 0.172 e. The van der Waals surface area contributed by atoms with E-state index in [0.717, 1.165) is 38.0 Å². The molecule has 17 heavy (non-hydrogen) atoms. The molecule has 1 aliphatic heterocycles. The molecule has 0 amide bonds. The van der Waals surface area contributed by atoms with Gasteiger partial charge in [-0.1, -0.05) is 19.9 Å². The summed E-state index contributed by atoms with van der Waals surface area (Å²) in [6.07, 6.45) is 4.53. The van der Waals surface area contributed by atoms with Gasteiger partial charge in [0.2, 0.25) is 0 Å². The number of rotatable bonds is 1. The third-order valence-electron chi connectivity index (χ3n) is 3.67. The molecular weight excluding hydrogens is 216 g/mol. The lowest BCUT2D eigenvalue weighted by Gasteiger charge is -2.45. The van der Waals surface area contributed by atoms with E-state index < -0.39 is 11.4 Å². The Morgan fingerprint density at radius 3 is 2.24 bits per heavy atom. The summed E-state index contributed by atoms with van der Waals surface area (Å²) >= 11 is 0. The van der Waals surface area contributed by atoms with Gasteiger partial charge in [-0.2, -0.15) is 0 Å². The van der Waals surface area contributed by atoms with Gasteiger partial charge < -0.3 is 14.6 Å². The standard InChI is InChI=1S/C14H24O3/c1-12(2)9-16-14(17-10-12)7-5-11(6-8-14)13(3,4)15/h5,15H,6-10H2,1-4H3. The molecule has 1 spiro atoms. The lowest BCUT2D eigenvalue weighted by molar-refractivity contribution is -0.301. The number of hydrogen-bond donors (Lipinski definition) is 1. The molecule has 0 aromatic heterocycles. The van der Waals surface area contributed by atoms with Crippen molar-refractivity contribution < 1.29 is 14.6 Å². The Bertz CT molecular complexity index is 313. The van der Waals surface area contributed by atoms with Crippen LogP contribution >= 0.6 is 0 Å². The van der Waals surface area contributed by atoms with E-state index in [1.807, 2.05) is 13.8 Å². The van der Waals surface area contributed by atoms with Crippen molar-refractivity contribution in [2.75, 3.05) is 13.2 Å². The average molecular weight is 240 g/mol. The minimum atomic E-state index is -0.713. The molecule has 0 bridgehead atoms. The summed E-state index contributed by atoms with van der Waals surface area (Å²) < 4.78 is 11.9. The van der Waals surface area contributed by atoms with E-state index in [-0.39, 0.29) is 5.41 Å². The van der Waals surface area contributed by atoms with Crippen molar-refractivity contribution in [2.24, 2.45) is 5.41 Å². The van der Waals surface area contributed by atoms with Crippen LogP contribution in [0.5, 0.6) is 0 Å². The Hall–Kier alpha value is -0.380. The number of ether oxygens (including phenoxy) is 2. The predicted octanol–water partition coefficient (Wildman–Crippen LogP) is 2.64. The van der Waals surface area contributed by atoms with E-state index in [1.165, 1.54) is 0 Å². The van der Waals surface area contributed by atoms with Gasteiger partial charge in [0.15, 0.2) is 5.79 Å². The molecule has 0 atom stereocenters. The summed E-state index contributed by atoms with van der Waals surface area (Å²) in [6, 6.07) is 0. The Morgan fingerprint density at radius 2 is 1.82 bits per heavy atom. The van der Waals surface area contributed by atoms with Gasteiger partial charge in [0, 0.05) is 18.3 Å². The van der Waals surface area contributed by atoms with Crippen molar-refractivity contribution >= 4 is 0 Å². The summed E-state index contributed by atoms with van der Waals surface area (Å²) in [6.45, 7) is 9.48. The summed E-state index contributed by atoms with van der Waals surface area (Å²) in [5, 5.41) is 9.96. The van der Waals surface area contributed by atoms with Gasteiger partial charge >= 0.3 is 0 Å². The first-order valence-corrected chi connectivity index (χ1v) is 6.42. The zero-order chi connectivity index (χ0) is 12.7. The zero-order valence-corrected chi connectivity index (χ0v) is 11.4. The van der Waals surface area contributed by atoms with Crippen molar-refractivity contribution in [1.29, 1.82) is 0 Å². The van der Waals surface area contributed by atoms with Gasteiger partial charge in [0.1, 0.15) is 0 Å². The first-order chi connectivity index (χ1) is 7.73. The van der Waals surface area contributed by atoms with Crippen LogP contribution in [0.2, 0.25) is 0 Å². The van der Waals surface area contributed by atoms with E-state index in [4.69, 9.17) is 9.47 Å². The third-order valence-corrected chi connectivity index (χ3v) is 3.67. The second kappa shape index (κ2) is 4.08. The van der Waals surface area contributed by atoms with Crippen LogP contribution < -0.4 is 0 Å². The second-order valence-electron chi connectivity index (χ2n) is 6.64. The highest BCUT2D eigenvalue weighted by Crippen LogP contribution is 2.40. The van der Waals surface area contributed by atoms with Crippen molar-refractivity contribution in [3.63, 3.8) is 0 Å². The predicted molar refractivity (Wildman–Crippen MR) is 66.6 cm³/mol. The minimum absolute atomic E-state index is 0.117. The highest BCUT2D eigenvalue weighted by Gasteiger charge is 2.42. The average Bonchev–Trinajstić information content (AvgIpc) is 2.23. The molecule has 1 heterocycles. The van der Waals surface area contributed by atoms with E-state index in [2.05, 4.69) is 19.9 Å². The second-order valence-corrected chi connectivity index (χ2v) is 6.64. The van der Waals surface area contributed by atoms with Crippen molar-refractivity contribution in [2.45, 2.75) is 58.3 Å². The molecule has 2 aliphatic rings. The Morgan fingerprint density at radius 1 is 1.24 bits per heavy atom. The van der Waals surface area contributed by atoms with Gasteiger partial charge in [0.05, 0.1) is 18.8 Å². The fourth-order valence-corrected chi connectivity index (χ4v) is 2.36. The number of hydrogen-bond acceptors (Lipinski definition) is 3. The monoisotopic (exact) mass is 240 g/mol. The van der Waals surface area contributed by atoms with Crippen molar-refractivity contribution in [3.8, 4) is 0 Å². The molecule has 0 aromatic carbocycles. The molecule has 1 aliphatic carbocycles. The van der Waals surface area contributed by atoms with E-state index in [1.54, 1.807) is 0 Å². The van der Waals surface area contributed by atoms with Gasteiger partial charge in [-0.3, -0.25) is 0 Å². The fourth-order valence-electron chi connectivity index (χ4n) is 2.36. The first kappa shape index (κ1) is 13.1. The van der Waals surface area contributed by atoms with Crippen LogP contribution in [0.15, 0.2) is 11.6 Å². The largest absolute Gasteiger partial charge is 0.386 e. The SMILES string of the molecule is CC1(C)COC2(CC=C(C(C)(C)O)CC2)OC1. The molecule has 1 N–H and O–H groups in total. The van der Waals surface area contributed by atoms with Gasteiger partial charge in [-0.15, -0.1) is 0 Å². The van der Waals surface area contributed by atoms with E-state index >= 15 is 0 Å². The maximum atomic E-state index is 9.96. The molecule has 3 heteroatoms. The zero-order valence-electron chi connectivity index (χ0n) is 11.4. The molecule has 0 saturated carbocycles. The van der Waals surface area contributed by atoms with E-state index in [9.17, 15) is 5.11 Å². The summed E-state index contributed by atoms with van der Waals surface area (Å²) in [5.41, 5.74) is 0.501. The Kier molecular flexibility index (Phi) is 3.13. The molecule has 98 valence electrons. The molecule has 0 radical (unpaired) electrons. The number of aliphatic hydroxyl groups is 1. The molecule has 1 fully saturated rings. The summed E-state index contributed by atoms with van der Waals surface area (Å²) in [4.78, 5) is 0. The van der Waals surface area contributed by atoms with Crippen molar-refractivity contribution in [1.82, 2.24) is 0 Å². The molecule has 1 saturated heterocycles. The molecule has 0 aromatic rings. The van der Waals surface area contributed by atoms with Gasteiger partial charge in [0.25, 0.3) is 0 Å². The van der Waals surface area contributed by atoms with Gasteiger partial charge in [-0.25, -0.2) is 0 Å².